The lowest BCUT2D eigenvalue weighted by Gasteiger charge is -2.06. The predicted molar refractivity (Wildman–Crippen MR) is 98.0 cm³/mol. The van der Waals surface area contributed by atoms with Gasteiger partial charge in [-0.2, -0.15) is 0 Å². The minimum atomic E-state index is -1.08. The molecule has 0 spiro atoms. The van der Waals surface area contributed by atoms with Crippen molar-refractivity contribution in [1.82, 2.24) is 9.38 Å². The minimum Gasteiger partial charge on any atom is -0.478 e. The highest BCUT2D eigenvalue weighted by Crippen LogP contribution is 2.15. The van der Waals surface area contributed by atoms with Crippen LogP contribution in [0.15, 0.2) is 41.3 Å². The van der Waals surface area contributed by atoms with Gasteiger partial charge in [-0.05, 0) is 50.1 Å². The van der Waals surface area contributed by atoms with Crippen LogP contribution < -0.4 is 5.56 Å². The Labute approximate surface area is 144 Å². The number of carbonyl (C=O) groups is 1. The molecule has 0 atom stereocenters. The van der Waals surface area contributed by atoms with Gasteiger partial charge in [0.2, 0.25) is 0 Å². The summed E-state index contributed by atoms with van der Waals surface area (Å²) in [5.41, 5.74) is 4.66. The third-order valence-electron chi connectivity index (χ3n) is 4.18. The van der Waals surface area contributed by atoms with Gasteiger partial charge in [0.15, 0.2) is 0 Å². The van der Waals surface area contributed by atoms with Crippen LogP contribution in [-0.4, -0.2) is 20.5 Å². The lowest BCUT2D eigenvalue weighted by atomic mass is 10.0. The first-order valence-electron chi connectivity index (χ1n) is 7.88. The molecular formula is C20H18N2O3. The molecule has 3 rings (SSSR count). The van der Waals surface area contributed by atoms with E-state index >= 15 is 0 Å². The van der Waals surface area contributed by atoms with Crippen molar-refractivity contribution in [3.8, 4) is 0 Å². The highest BCUT2D eigenvalue weighted by Gasteiger charge is 2.10. The van der Waals surface area contributed by atoms with Crippen molar-refractivity contribution in [2.24, 2.45) is 0 Å². The second kappa shape index (κ2) is 6.36. The summed E-state index contributed by atoms with van der Waals surface area (Å²) in [5, 5.41) is 9.07. The van der Waals surface area contributed by atoms with Gasteiger partial charge in [0.05, 0.1) is 11.3 Å². The van der Waals surface area contributed by atoms with Crippen LogP contribution in [0.3, 0.4) is 0 Å². The van der Waals surface area contributed by atoms with Gasteiger partial charge in [0, 0.05) is 11.8 Å². The number of carboxylic acids is 1. The monoisotopic (exact) mass is 334 g/mol. The molecular weight excluding hydrogens is 316 g/mol. The minimum absolute atomic E-state index is 0.0503. The van der Waals surface area contributed by atoms with Crippen molar-refractivity contribution in [2.45, 2.75) is 20.8 Å². The van der Waals surface area contributed by atoms with Gasteiger partial charge in [0.1, 0.15) is 5.65 Å². The first-order chi connectivity index (χ1) is 11.9. The second-order valence-electron chi connectivity index (χ2n) is 6.07. The molecule has 0 aliphatic heterocycles. The maximum atomic E-state index is 12.5. The fourth-order valence-corrected chi connectivity index (χ4v) is 2.71. The molecule has 25 heavy (non-hydrogen) atoms. The lowest BCUT2D eigenvalue weighted by Crippen LogP contribution is -2.20. The van der Waals surface area contributed by atoms with E-state index in [1.165, 1.54) is 22.2 Å². The molecule has 2 heterocycles. The summed E-state index contributed by atoms with van der Waals surface area (Å²) in [5.74, 6) is -1.08. The van der Waals surface area contributed by atoms with Crippen molar-refractivity contribution < 1.29 is 9.90 Å². The molecule has 5 heteroatoms. The molecule has 0 aliphatic rings. The molecule has 0 bridgehead atoms. The van der Waals surface area contributed by atoms with Crippen LogP contribution in [-0.2, 0) is 0 Å². The normalized spacial score (nSPS) is 11.3. The van der Waals surface area contributed by atoms with Gasteiger partial charge in [-0.15, -0.1) is 0 Å². The van der Waals surface area contributed by atoms with Crippen molar-refractivity contribution >= 4 is 23.8 Å². The maximum Gasteiger partial charge on any atom is 0.337 e. The van der Waals surface area contributed by atoms with Gasteiger partial charge < -0.3 is 5.11 Å². The molecule has 126 valence electrons. The van der Waals surface area contributed by atoms with E-state index in [1.54, 1.807) is 13.0 Å². The zero-order valence-electron chi connectivity index (χ0n) is 14.3. The molecule has 1 N–H and O–H groups in total. The van der Waals surface area contributed by atoms with Crippen LogP contribution in [0.5, 0.6) is 0 Å². The summed E-state index contributed by atoms with van der Waals surface area (Å²) >= 11 is 0. The number of aromatic nitrogens is 2. The molecule has 2 aromatic heterocycles. The van der Waals surface area contributed by atoms with E-state index in [4.69, 9.17) is 5.11 Å². The maximum absolute atomic E-state index is 12.5. The third kappa shape index (κ3) is 3.21. The molecule has 0 amide bonds. The topological polar surface area (TPSA) is 71.7 Å². The fraction of sp³-hybridized carbons (Fsp3) is 0.150. The van der Waals surface area contributed by atoms with Crippen molar-refractivity contribution in [3.05, 3.63) is 80.4 Å². The first-order valence-corrected chi connectivity index (χ1v) is 7.88. The van der Waals surface area contributed by atoms with Gasteiger partial charge in [-0.3, -0.25) is 9.20 Å². The van der Waals surface area contributed by atoms with Crippen LogP contribution in [0.1, 0.15) is 38.3 Å². The van der Waals surface area contributed by atoms with Crippen molar-refractivity contribution in [1.29, 1.82) is 0 Å². The van der Waals surface area contributed by atoms with E-state index in [0.29, 0.717) is 16.9 Å². The molecule has 0 unspecified atom stereocenters. The Bertz CT molecular complexity index is 1080. The SMILES string of the molecule is Cc1ccc(C=Cc2nc3ccc(C(=O)O)cn3c(=O)c2C)c(C)c1. The van der Waals surface area contributed by atoms with E-state index in [-0.39, 0.29) is 11.1 Å². The average Bonchev–Trinajstić information content (AvgIpc) is 2.57. The summed E-state index contributed by atoms with van der Waals surface area (Å²) in [6.07, 6.45) is 5.06. The molecule has 0 radical (unpaired) electrons. The summed E-state index contributed by atoms with van der Waals surface area (Å²) in [7, 11) is 0. The van der Waals surface area contributed by atoms with Crippen LogP contribution in [0.4, 0.5) is 0 Å². The summed E-state index contributed by atoms with van der Waals surface area (Å²) in [6.45, 7) is 5.77. The Morgan fingerprint density at radius 3 is 2.56 bits per heavy atom. The second-order valence-corrected chi connectivity index (χ2v) is 6.07. The van der Waals surface area contributed by atoms with Crippen molar-refractivity contribution in [2.75, 3.05) is 0 Å². The number of benzene rings is 1. The number of fused-ring (bicyclic) bond motifs is 1. The van der Waals surface area contributed by atoms with E-state index < -0.39 is 5.97 Å². The van der Waals surface area contributed by atoms with Gasteiger partial charge >= 0.3 is 5.97 Å². The highest BCUT2D eigenvalue weighted by molar-refractivity contribution is 5.87. The zero-order chi connectivity index (χ0) is 18.1. The Hall–Kier alpha value is -3.21. The number of pyridine rings is 1. The predicted octanol–water partition coefficient (Wildman–Crippen LogP) is 3.49. The van der Waals surface area contributed by atoms with E-state index in [2.05, 4.69) is 11.1 Å². The highest BCUT2D eigenvalue weighted by atomic mass is 16.4. The summed E-state index contributed by atoms with van der Waals surface area (Å²) in [6, 6.07) is 9.15. The molecule has 0 aliphatic carbocycles. The third-order valence-corrected chi connectivity index (χ3v) is 4.18. The number of rotatable bonds is 3. The quantitative estimate of drug-likeness (QED) is 0.796. The molecule has 3 aromatic rings. The number of nitrogens with zero attached hydrogens (tertiary/aromatic N) is 2. The average molecular weight is 334 g/mol. The molecule has 1 aromatic carbocycles. The Morgan fingerprint density at radius 2 is 1.88 bits per heavy atom. The smallest absolute Gasteiger partial charge is 0.337 e. The van der Waals surface area contributed by atoms with E-state index in [1.807, 2.05) is 38.1 Å². The van der Waals surface area contributed by atoms with Gasteiger partial charge in [-0.1, -0.05) is 29.8 Å². The lowest BCUT2D eigenvalue weighted by molar-refractivity contribution is 0.0696. The summed E-state index contributed by atoms with van der Waals surface area (Å²) in [4.78, 5) is 28.1. The largest absolute Gasteiger partial charge is 0.478 e. The number of hydrogen-bond acceptors (Lipinski definition) is 3. The number of hydrogen-bond donors (Lipinski definition) is 1. The summed E-state index contributed by atoms with van der Waals surface area (Å²) < 4.78 is 1.27. The van der Waals surface area contributed by atoms with Crippen LogP contribution in [0, 0.1) is 20.8 Å². The number of aryl methyl sites for hydroxylation is 2. The van der Waals surface area contributed by atoms with Gasteiger partial charge in [-0.25, -0.2) is 9.78 Å². The number of carboxylic acid groups (broad SMARTS) is 1. The van der Waals surface area contributed by atoms with E-state index in [0.717, 1.165) is 11.1 Å². The molecule has 5 nitrogen and oxygen atoms in total. The Balaban J connectivity index is 2.09. The van der Waals surface area contributed by atoms with Gasteiger partial charge in [0.25, 0.3) is 5.56 Å². The standard InChI is InChI=1S/C20H18N2O3/c1-12-4-5-15(13(2)10-12)6-8-17-14(3)19(23)22-11-16(20(24)25)7-9-18(22)21-17/h4-11H,1-3H3,(H,24,25). The van der Waals surface area contributed by atoms with Crippen LogP contribution >= 0.6 is 0 Å². The van der Waals surface area contributed by atoms with E-state index in [9.17, 15) is 9.59 Å². The molecule has 0 saturated heterocycles. The Kier molecular flexibility index (Phi) is 4.23. The molecule has 0 fully saturated rings. The first kappa shape index (κ1) is 16.6. The van der Waals surface area contributed by atoms with Crippen LogP contribution in [0.25, 0.3) is 17.8 Å². The fourth-order valence-electron chi connectivity index (χ4n) is 2.71. The molecule has 0 saturated carbocycles. The zero-order valence-corrected chi connectivity index (χ0v) is 14.3. The number of aromatic carboxylic acids is 1. The Morgan fingerprint density at radius 1 is 1.12 bits per heavy atom. The van der Waals surface area contributed by atoms with Crippen LogP contribution in [0.2, 0.25) is 0 Å². The van der Waals surface area contributed by atoms with Crippen molar-refractivity contribution in [3.63, 3.8) is 0 Å².